The van der Waals surface area contributed by atoms with Crippen molar-refractivity contribution in [3.63, 3.8) is 0 Å². The van der Waals surface area contributed by atoms with E-state index < -0.39 is 0 Å². The van der Waals surface area contributed by atoms with Gasteiger partial charge in [0, 0.05) is 6.42 Å². The number of rotatable bonds is 1. The van der Waals surface area contributed by atoms with Gasteiger partial charge < -0.3 is 9.47 Å². The Kier molecular flexibility index (Phi) is 1.95. The zero-order valence-electron chi connectivity index (χ0n) is 7.28. The molecule has 2 heterocycles. The van der Waals surface area contributed by atoms with Crippen LogP contribution in [0.25, 0.3) is 0 Å². The maximum absolute atomic E-state index is 11.1. The van der Waals surface area contributed by atoms with Crippen LogP contribution in [0, 0.1) is 0 Å². The largest absolute Gasteiger partial charge is 0.468 e. The van der Waals surface area contributed by atoms with Crippen LogP contribution in [-0.2, 0) is 19.1 Å². The molecule has 72 valence electrons. The SMILES string of the molecule is COC(=O)[C@@H]1C[C@H]2OC(=O)C[C@H]2N1. The maximum atomic E-state index is 11.1. The van der Waals surface area contributed by atoms with Gasteiger partial charge in [-0.25, -0.2) is 0 Å². The van der Waals surface area contributed by atoms with E-state index >= 15 is 0 Å². The average Bonchev–Trinajstić information content (AvgIpc) is 2.59. The third-order valence-corrected chi connectivity index (χ3v) is 2.49. The van der Waals surface area contributed by atoms with Crippen LogP contribution in [0.3, 0.4) is 0 Å². The van der Waals surface area contributed by atoms with Crippen LogP contribution in [0.1, 0.15) is 12.8 Å². The number of nitrogens with one attached hydrogen (secondary N) is 1. The van der Waals surface area contributed by atoms with E-state index in [2.05, 4.69) is 10.1 Å². The molecule has 2 aliphatic heterocycles. The van der Waals surface area contributed by atoms with Gasteiger partial charge in [0.05, 0.1) is 19.6 Å². The van der Waals surface area contributed by atoms with Gasteiger partial charge in [0.15, 0.2) is 0 Å². The number of ether oxygens (including phenoxy) is 2. The van der Waals surface area contributed by atoms with Gasteiger partial charge in [-0.15, -0.1) is 0 Å². The Balaban J connectivity index is 1.97. The lowest BCUT2D eigenvalue weighted by Gasteiger charge is -2.08. The Morgan fingerprint density at radius 2 is 2.46 bits per heavy atom. The molecule has 0 amide bonds. The standard InChI is InChI=1S/C8H11NO4/c1-12-8(11)5-2-6-4(9-5)3-7(10)13-6/h4-6,9H,2-3H2,1H3/t4-,5+,6-/m1/s1. The van der Waals surface area contributed by atoms with Gasteiger partial charge in [-0.2, -0.15) is 0 Å². The first kappa shape index (κ1) is 8.50. The van der Waals surface area contributed by atoms with E-state index in [0.717, 1.165) is 0 Å². The summed E-state index contributed by atoms with van der Waals surface area (Å²) in [6, 6.07) is -0.315. The lowest BCUT2D eigenvalue weighted by molar-refractivity contribution is -0.146. The lowest BCUT2D eigenvalue weighted by atomic mass is 10.1. The smallest absolute Gasteiger partial charge is 0.323 e. The van der Waals surface area contributed by atoms with E-state index in [9.17, 15) is 9.59 Å². The van der Waals surface area contributed by atoms with Crippen LogP contribution >= 0.6 is 0 Å². The number of hydrogen-bond donors (Lipinski definition) is 1. The first-order valence-corrected chi connectivity index (χ1v) is 4.24. The summed E-state index contributed by atoms with van der Waals surface area (Å²) in [6.07, 6.45) is 0.748. The summed E-state index contributed by atoms with van der Waals surface area (Å²) in [5, 5.41) is 3.01. The summed E-state index contributed by atoms with van der Waals surface area (Å²) in [7, 11) is 1.35. The van der Waals surface area contributed by atoms with Gasteiger partial charge in [0.25, 0.3) is 0 Å². The van der Waals surface area contributed by atoms with Crippen molar-refractivity contribution >= 4 is 11.9 Å². The second kappa shape index (κ2) is 2.99. The van der Waals surface area contributed by atoms with Gasteiger partial charge in [0.1, 0.15) is 12.1 Å². The molecule has 0 aromatic heterocycles. The monoisotopic (exact) mass is 185 g/mol. The minimum absolute atomic E-state index is 0.00315. The van der Waals surface area contributed by atoms with Gasteiger partial charge in [-0.05, 0) is 0 Å². The molecule has 13 heavy (non-hydrogen) atoms. The van der Waals surface area contributed by atoms with Crippen molar-refractivity contribution in [3.8, 4) is 0 Å². The molecule has 0 saturated carbocycles. The number of carbonyl (C=O) groups is 2. The van der Waals surface area contributed by atoms with E-state index in [4.69, 9.17) is 4.74 Å². The van der Waals surface area contributed by atoms with Crippen molar-refractivity contribution in [3.05, 3.63) is 0 Å². The Bertz CT molecular complexity index is 237. The van der Waals surface area contributed by atoms with Gasteiger partial charge >= 0.3 is 11.9 Å². The number of fused-ring (bicyclic) bond motifs is 1. The lowest BCUT2D eigenvalue weighted by Crippen LogP contribution is -2.36. The fraction of sp³-hybridized carbons (Fsp3) is 0.750. The quantitative estimate of drug-likeness (QED) is 0.542. The van der Waals surface area contributed by atoms with Crippen molar-refractivity contribution in [1.82, 2.24) is 5.32 Å². The summed E-state index contributed by atoms with van der Waals surface area (Å²) in [6.45, 7) is 0. The second-order valence-electron chi connectivity index (χ2n) is 3.32. The van der Waals surface area contributed by atoms with Gasteiger partial charge in [0.2, 0.25) is 0 Å². The molecule has 0 spiro atoms. The van der Waals surface area contributed by atoms with Crippen molar-refractivity contribution in [2.45, 2.75) is 31.0 Å². The Morgan fingerprint density at radius 1 is 1.69 bits per heavy atom. The molecular weight excluding hydrogens is 174 g/mol. The molecule has 1 N–H and O–H groups in total. The Labute approximate surface area is 75.4 Å². The van der Waals surface area contributed by atoms with E-state index in [-0.39, 0.29) is 30.1 Å². The zero-order valence-corrected chi connectivity index (χ0v) is 7.28. The maximum Gasteiger partial charge on any atom is 0.323 e. The zero-order chi connectivity index (χ0) is 9.42. The first-order chi connectivity index (χ1) is 6.20. The van der Waals surface area contributed by atoms with Crippen molar-refractivity contribution in [2.24, 2.45) is 0 Å². The molecule has 3 atom stereocenters. The summed E-state index contributed by atoms with van der Waals surface area (Å²) in [4.78, 5) is 21.9. The fourth-order valence-electron chi connectivity index (χ4n) is 1.85. The van der Waals surface area contributed by atoms with Gasteiger partial charge in [-0.1, -0.05) is 0 Å². The normalized spacial score (nSPS) is 37.0. The molecule has 0 unspecified atom stereocenters. The van der Waals surface area contributed by atoms with Crippen molar-refractivity contribution < 1.29 is 19.1 Å². The number of esters is 2. The van der Waals surface area contributed by atoms with Crippen LogP contribution in [0.2, 0.25) is 0 Å². The number of methoxy groups -OCH3 is 1. The highest BCUT2D eigenvalue weighted by Crippen LogP contribution is 2.26. The molecular formula is C8H11NO4. The van der Waals surface area contributed by atoms with Gasteiger partial charge in [-0.3, -0.25) is 14.9 Å². The summed E-state index contributed by atoms with van der Waals surface area (Å²) in [5.41, 5.74) is 0. The molecule has 0 bridgehead atoms. The third kappa shape index (κ3) is 1.39. The van der Waals surface area contributed by atoms with Crippen LogP contribution < -0.4 is 5.32 Å². The topological polar surface area (TPSA) is 64.6 Å². The molecule has 2 fully saturated rings. The van der Waals surface area contributed by atoms with Crippen LogP contribution in [-0.4, -0.2) is 37.2 Å². The van der Waals surface area contributed by atoms with E-state index in [1.165, 1.54) is 7.11 Å². The Hall–Kier alpha value is -1.10. The highest BCUT2D eigenvalue weighted by molar-refractivity contribution is 5.78. The summed E-state index contributed by atoms with van der Waals surface area (Å²) in [5.74, 6) is -0.476. The summed E-state index contributed by atoms with van der Waals surface area (Å²) >= 11 is 0. The molecule has 5 nitrogen and oxygen atoms in total. The average molecular weight is 185 g/mol. The molecule has 2 rings (SSSR count). The molecule has 0 aromatic carbocycles. The molecule has 5 heteroatoms. The van der Waals surface area contributed by atoms with E-state index in [1.807, 2.05) is 0 Å². The predicted octanol–water partition coefficient (Wildman–Crippen LogP) is -0.795. The first-order valence-electron chi connectivity index (χ1n) is 4.24. The van der Waals surface area contributed by atoms with Crippen LogP contribution in [0.5, 0.6) is 0 Å². The molecule has 0 radical (unpaired) electrons. The summed E-state index contributed by atoms with van der Waals surface area (Å²) < 4.78 is 9.59. The molecule has 0 aliphatic carbocycles. The van der Waals surface area contributed by atoms with Crippen molar-refractivity contribution in [1.29, 1.82) is 0 Å². The van der Waals surface area contributed by atoms with Crippen LogP contribution in [0.15, 0.2) is 0 Å². The Morgan fingerprint density at radius 3 is 3.08 bits per heavy atom. The minimum atomic E-state index is -0.312. The molecule has 2 saturated heterocycles. The molecule has 2 aliphatic rings. The highest BCUT2D eigenvalue weighted by atomic mass is 16.6. The highest BCUT2D eigenvalue weighted by Gasteiger charge is 2.45. The number of carbonyl (C=O) groups excluding carboxylic acids is 2. The van der Waals surface area contributed by atoms with Crippen LogP contribution in [0.4, 0.5) is 0 Å². The number of hydrogen-bond acceptors (Lipinski definition) is 5. The van der Waals surface area contributed by atoms with E-state index in [0.29, 0.717) is 12.8 Å². The van der Waals surface area contributed by atoms with Crippen molar-refractivity contribution in [2.75, 3.05) is 7.11 Å². The van der Waals surface area contributed by atoms with E-state index in [1.54, 1.807) is 0 Å². The third-order valence-electron chi connectivity index (χ3n) is 2.49. The molecule has 0 aromatic rings. The second-order valence-corrected chi connectivity index (χ2v) is 3.32. The minimum Gasteiger partial charge on any atom is -0.468 e. The predicted molar refractivity (Wildman–Crippen MR) is 41.8 cm³/mol. The fourth-order valence-corrected chi connectivity index (χ4v) is 1.85.